The average molecular weight is 235 g/mol. The van der Waals surface area contributed by atoms with E-state index in [4.69, 9.17) is 4.42 Å². The third-order valence-electron chi connectivity index (χ3n) is 4.11. The van der Waals surface area contributed by atoms with Crippen molar-refractivity contribution in [2.45, 2.75) is 58.5 Å². The van der Waals surface area contributed by atoms with Gasteiger partial charge in [-0.1, -0.05) is 26.7 Å². The molecule has 0 aliphatic heterocycles. The Morgan fingerprint density at radius 1 is 1.24 bits per heavy atom. The van der Waals surface area contributed by atoms with Crippen LogP contribution in [0.4, 0.5) is 0 Å². The zero-order chi connectivity index (χ0) is 12.3. The molecule has 1 saturated carbocycles. The van der Waals surface area contributed by atoms with Crippen molar-refractivity contribution in [1.82, 2.24) is 5.32 Å². The molecular formula is C15H25NO. The van der Waals surface area contributed by atoms with E-state index in [0.29, 0.717) is 12.1 Å². The molecule has 2 heteroatoms. The summed E-state index contributed by atoms with van der Waals surface area (Å²) in [5.41, 5.74) is 0. The van der Waals surface area contributed by atoms with Gasteiger partial charge in [-0.15, -0.1) is 0 Å². The van der Waals surface area contributed by atoms with E-state index in [1.165, 1.54) is 25.7 Å². The van der Waals surface area contributed by atoms with Crippen LogP contribution in [0.25, 0.3) is 0 Å². The summed E-state index contributed by atoms with van der Waals surface area (Å²) in [6, 6.07) is 5.01. The number of nitrogens with one attached hydrogen (secondary N) is 1. The molecule has 0 saturated heterocycles. The molecule has 1 aliphatic rings. The van der Waals surface area contributed by atoms with E-state index in [9.17, 15) is 0 Å². The molecule has 1 fully saturated rings. The monoisotopic (exact) mass is 235 g/mol. The summed E-state index contributed by atoms with van der Waals surface area (Å²) in [5, 5.41) is 3.76. The number of rotatable bonds is 4. The largest absolute Gasteiger partial charge is 0.468 e. The summed E-state index contributed by atoms with van der Waals surface area (Å²) in [6.07, 6.45) is 7.21. The summed E-state index contributed by atoms with van der Waals surface area (Å²) >= 11 is 0. The van der Waals surface area contributed by atoms with Crippen molar-refractivity contribution < 1.29 is 4.42 Å². The number of furan rings is 1. The molecule has 0 amide bonds. The molecule has 17 heavy (non-hydrogen) atoms. The lowest BCUT2D eigenvalue weighted by molar-refractivity contribution is 0.190. The van der Waals surface area contributed by atoms with Crippen molar-refractivity contribution in [3.63, 3.8) is 0 Å². The van der Waals surface area contributed by atoms with Gasteiger partial charge in [0.15, 0.2) is 0 Å². The molecule has 3 unspecified atom stereocenters. The normalized spacial score (nSPS) is 27.3. The van der Waals surface area contributed by atoms with Crippen LogP contribution in [0, 0.1) is 11.8 Å². The predicted octanol–water partition coefficient (Wildman–Crippen LogP) is 4.15. The van der Waals surface area contributed by atoms with Crippen molar-refractivity contribution in [3.8, 4) is 0 Å². The molecule has 1 aromatic heterocycles. The van der Waals surface area contributed by atoms with Gasteiger partial charge in [-0.2, -0.15) is 0 Å². The first-order valence-corrected chi connectivity index (χ1v) is 6.98. The Labute approximate surface area is 105 Å². The van der Waals surface area contributed by atoms with Gasteiger partial charge in [0.1, 0.15) is 5.76 Å². The third kappa shape index (κ3) is 3.12. The Bertz CT molecular complexity index is 318. The van der Waals surface area contributed by atoms with Gasteiger partial charge in [-0.25, -0.2) is 0 Å². The number of hydrogen-bond acceptors (Lipinski definition) is 2. The van der Waals surface area contributed by atoms with Crippen LogP contribution >= 0.6 is 0 Å². The minimum absolute atomic E-state index is 0.328. The lowest BCUT2D eigenvalue weighted by Gasteiger charge is -2.36. The predicted molar refractivity (Wildman–Crippen MR) is 70.8 cm³/mol. The molecule has 1 aromatic rings. The van der Waals surface area contributed by atoms with Crippen LogP contribution in [0.15, 0.2) is 22.8 Å². The minimum Gasteiger partial charge on any atom is -0.468 e. The first-order chi connectivity index (χ1) is 8.18. The Hall–Kier alpha value is -0.760. The van der Waals surface area contributed by atoms with E-state index >= 15 is 0 Å². The summed E-state index contributed by atoms with van der Waals surface area (Å²) in [4.78, 5) is 0. The molecule has 0 bridgehead atoms. The highest BCUT2D eigenvalue weighted by molar-refractivity contribution is 5.04. The topological polar surface area (TPSA) is 25.2 Å². The van der Waals surface area contributed by atoms with E-state index in [1.807, 2.05) is 6.07 Å². The Kier molecular flexibility index (Phi) is 4.27. The highest BCUT2D eigenvalue weighted by Crippen LogP contribution is 2.31. The minimum atomic E-state index is 0.328. The molecule has 0 radical (unpaired) electrons. The van der Waals surface area contributed by atoms with Gasteiger partial charge in [0.25, 0.3) is 0 Å². The summed E-state index contributed by atoms with van der Waals surface area (Å²) in [7, 11) is 0. The first-order valence-electron chi connectivity index (χ1n) is 6.98. The molecule has 0 aromatic carbocycles. The van der Waals surface area contributed by atoms with Crippen LogP contribution in [-0.4, -0.2) is 6.04 Å². The van der Waals surface area contributed by atoms with Gasteiger partial charge in [0.2, 0.25) is 0 Å². The molecule has 1 aliphatic carbocycles. The third-order valence-corrected chi connectivity index (χ3v) is 4.11. The van der Waals surface area contributed by atoms with Crippen molar-refractivity contribution >= 4 is 0 Å². The molecular weight excluding hydrogens is 210 g/mol. The Morgan fingerprint density at radius 2 is 2.00 bits per heavy atom. The second-order valence-corrected chi connectivity index (χ2v) is 5.70. The summed E-state index contributed by atoms with van der Waals surface area (Å²) in [5.74, 6) is 2.65. The molecule has 3 atom stereocenters. The maximum absolute atomic E-state index is 5.47. The molecule has 2 rings (SSSR count). The fourth-order valence-corrected chi connectivity index (χ4v) is 3.11. The lowest BCUT2D eigenvalue weighted by Crippen LogP contribution is -2.41. The van der Waals surface area contributed by atoms with E-state index in [0.717, 1.165) is 17.6 Å². The van der Waals surface area contributed by atoms with Crippen LogP contribution in [0.1, 0.15) is 58.3 Å². The van der Waals surface area contributed by atoms with Gasteiger partial charge in [-0.05, 0) is 43.7 Å². The molecule has 1 N–H and O–H groups in total. The quantitative estimate of drug-likeness (QED) is 0.848. The summed E-state index contributed by atoms with van der Waals surface area (Å²) in [6.45, 7) is 6.90. The second-order valence-electron chi connectivity index (χ2n) is 5.70. The van der Waals surface area contributed by atoms with Gasteiger partial charge in [0, 0.05) is 6.04 Å². The van der Waals surface area contributed by atoms with Crippen molar-refractivity contribution in [3.05, 3.63) is 24.2 Å². The van der Waals surface area contributed by atoms with Gasteiger partial charge >= 0.3 is 0 Å². The Balaban J connectivity index is 1.96. The SMILES string of the molecule is CC(NC1CCCCC1C(C)C)c1ccco1. The Morgan fingerprint density at radius 3 is 2.65 bits per heavy atom. The summed E-state index contributed by atoms with van der Waals surface area (Å²) < 4.78 is 5.47. The first kappa shape index (κ1) is 12.7. The zero-order valence-corrected chi connectivity index (χ0v) is 11.3. The van der Waals surface area contributed by atoms with Crippen LogP contribution in [0.2, 0.25) is 0 Å². The zero-order valence-electron chi connectivity index (χ0n) is 11.3. The smallest absolute Gasteiger partial charge is 0.120 e. The fourth-order valence-electron chi connectivity index (χ4n) is 3.11. The maximum Gasteiger partial charge on any atom is 0.120 e. The maximum atomic E-state index is 5.47. The molecule has 2 nitrogen and oxygen atoms in total. The van der Waals surface area contributed by atoms with E-state index in [1.54, 1.807) is 6.26 Å². The van der Waals surface area contributed by atoms with Crippen molar-refractivity contribution in [2.24, 2.45) is 11.8 Å². The average Bonchev–Trinajstić information content (AvgIpc) is 2.83. The second kappa shape index (κ2) is 5.72. The molecule has 0 spiro atoms. The van der Waals surface area contributed by atoms with E-state index < -0.39 is 0 Å². The highest BCUT2D eigenvalue weighted by atomic mass is 16.3. The van der Waals surface area contributed by atoms with Gasteiger partial charge in [-0.3, -0.25) is 0 Å². The standard InChI is InChI=1S/C15H25NO/c1-11(2)13-7-4-5-8-14(13)16-12(3)15-9-6-10-17-15/h6,9-14,16H,4-5,7-8H2,1-3H3. The molecule has 96 valence electrons. The van der Waals surface area contributed by atoms with Crippen LogP contribution in [-0.2, 0) is 0 Å². The fraction of sp³-hybridized carbons (Fsp3) is 0.733. The van der Waals surface area contributed by atoms with Crippen molar-refractivity contribution in [1.29, 1.82) is 0 Å². The van der Waals surface area contributed by atoms with E-state index in [2.05, 4.69) is 32.2 Å². The van der Waals surface area contributed by atoms with Crippen LogP contribution in [0.5, 0.6) is 0 Å². The van der Waals surface area contributed by atoms with Crippen LogP contribution in [0.3, 0.4) is 0 Å². The van der Waals surface area contributed by atoms with E-state index in [-0.39, 0.29) is 0 Å². The lowest BCUT2D eigenvalue weighted by atomic mass is 9.77. The molecule has 1 heterocycles. The highest BCUT2D eigenvalue weighted by Gasteiger charge is 2.28. The van der Waals surface area contributed by atoms with Crippen LogP contribution < -0.4 is 5.32 Å². The van der Waals surface area contributed by atoms with Gasteiger partial charge < -0.3 is 9.73 Å². The van der Waals surface area contributed by atoms with Gasteiger partial charge in [0.05, 0.1) is 12.3 Å². The van der Waals surface area contributed by atoms with Crippen molar-refractivity contribution in [2.75, 3.05) is 0 Å². The number of hydrogen-bond donors (Lipinski definition) is 1.